The normalized spacial score (nSPS) is 20.4. The molecule has 1 N–H and O–H groups in total. The van der Waals surface area contributed by atoms with E-state index >= 15 is 0 Å². The predicted octanol–water partition coefficient (Wildman–Crippen LogP) is 4.52. The van der Waals surface area contributed by atoms with Gasteiger partial charge in [-0.25, -0.2) is 8.42 Å². The van der Waals surface area contributed by atoms with Gasteiger partial charge in [0.15, 0.2) is 15.5 Å². The number of halogens is 2. The van der Waals surface area contributed by atoms with E-state index in [-0.39, 0.29) is 34.3 Å². The first kappa shape index (κ1) is 20.6. The fraction of sp³-hybridized carbons (Fsp3) is 0.444. The second-order valence-corrected chi connectivity index (χ2v) is 10.7. The maximum absolute atomic E-state index is 12.6. The predicted molar refractivity (Wildman–Crippen MR) is 109 cm³/mol. The van der Waals surface area contributed by atoms with Crippen molar-refractivity contribution < 1.29 is 13.2 Å². The summed E-state index contributed by atoms with van der Waals surface area (Å²) in [5.74, 6) is -0.0927. The largest absolute Gasteiger partial charge is 0.348 e. The minimum Gasteiger partial charge on any atom is -0.348 e. The Morgan fingerprint density at radius 1 is 1.26 bits per heavy atom. The number of sulfone groups is 1. The van der Waals surface area contributed by atoms with Gasteiger partial charge in [0, 0.05) is 6.04 Å². The number of carbonyl (C=O) groups is 1. The molecule has 1 fully saturated rings. The van der Waals surface area contributed by atoms with Crippen LogP contribution >= 0.6 is 34.7 Å². The molecular formula is C18H20Cl2N2O3S2. The topological polar surface area (TPSA) is 76.1 Å². The summed E-state index contributed by atoms with van der Waals surface area (Å²) in [6.45, 7) is 1.88. The Hall–Kier alpha value is -1.15. The highest BCUT2D eigenvalue weighted by molar-refractivity contribution is 7.91. The van der Waals surface area contributed by atoms with Crippen LogP contribution in [-0.2, 0) is 9.84 Å². The van der Waals surface area contributed by atoms with Gasteiger partial charge >= 0.3 is 0 Å². The Morgan fingerprint density at radius 2 is 1.96 bits per heavy atom. The molecule has 5 nitrogen and oxygen atoms in total. The maximum Gasteiger partial charge on any atom is 0.272 e. The van der Waals surface area contributed by atoms with Crippen LogP contribution in [0, 0.1) is 12.8 Å². The molecule has 1 aromatic carbocycles. The highest BCUT2D eigenvalue weighted by Gasteiger charge is 2.28. The molecule has 9 heteroatoms. The molecule has 146 valence electrons. The van der Waals surface area contributed by atoms with Gasteiger partial charge in [0.2, 0.25) is 0 Å². The first-order valence-corrected chi connectivity index (χ1v) is 11.9. The molecule has 1 saturated carbocycles. The van der Waals surface area contributed by atoms with E-state index in [0.29, 0.717) is 9.23 Å². The van der Waals surface area contributed by atoms with Gasteiger partial charge < -0.3 is 5.32 Å². The summed E-state index contributed by atoms with van der Waals surface area (Å²) in [7, 11) is -3.30. The Labute approximate surface area is 173 Å². The third-order valence-electron chi connectivity index (χ3n) is 4.80. The van der Waals surface area contributed by atoms with E-state index in [4.69, 9.17) is 23.2 Å². The molecule has 0 radical (unpaired) electrons. The standard InChI is InChI=1S/C18H20Cl2N2O3S2/c1-11-3-2-4-14(9-11)27(24,25)10-12-5-7-13(8-6-12)21-18(23)16-15(19)17(20)26-22-16/h2-4,9,12-13H,5-8,10H2,1H3,(H,21,23)/t12-,13-. The van der Waals surface area contributed by atoms with Gasteiger partial charge in [-0.2, -0.15) is 4.37 Å². The minimum atomic E-state index is -3.30. The molecule has 2 aromatic rings. The quantitative estimate of drug-likeness (QED) is 0.731. The number of rotatable bonds is 5. The third-order valence-corrected chi connectivity index (χ3v) is 8.29. The lowest BCUT2D eigenvalue weighted by molar-refractivity contribution is 0.0919. The van der Waals surface area contributed by atoms with E-state index in [1.54, 1.807) is 18.2 Å². The Morgan fingerprint density at radius 3 is 2.56 bits per heavy atom. The lowest BCUT2D eigenvalue weighted by atomic mass is 9.87. The molecule has 27 heavy (non-hydrogen) atoms. The number of carbonyl (C=O) groups excluding carboxylic acids is 1. The summed E-state index contributed by atoms with van der Waals surface area (Å²) in [4.78, 5) is 12.7. The molecule has 1 amide bonds. The van der Waals surface area contributed by atoms with Gasteiger partial charge in [0.05, 0.1) is 10.6 Å². The second-order valence-electron chi connectivity index (χ2n) is 6.91. The fourth-order valence-electron chi connectivity index (χ4n) is 3.34. The van der Waals surface area contributed by atoms with Crippen molar-refractivity contribution in [1.82, 2.24) is 9.69 Å². The SMILES string of the molecule is Cc1cccc(S(=O)(=O)C[C@H]2CC[C@H](NC(=O)c3nsc(Cl)c3Cl)CC2)c1. The third kappa shape index (κ3) is 5.02. The number of amides is 1. The van der Waals surface area contributed by atoms with Crippen molar-refractivity contribution in [2.75, 3.05) is 5.75 Å². The smallest absolute Gasteiger partial charge is 0.272 e. The number of aromatic nitrogens is 1. The van der Waals surface area contributed by atoms with Crippen LogP contribution in [-0.4, -0.2) is 30.5 Å². The first-order valence-electron chi connectivity index (χ1n) is 8.67. The molecule has 0 unspecified atom stereocenters. The zero-order valence-corrected chi connectivity index (χ0v) is 17.9. The molecule has 3 rings (SSSR count). The number of hydrogen-bond donors (Lipinski definition) is 1. The van der Waals surface area contributed by atoms with Crippen molar-refractivity contribution in [2.24, 2.45) is 5.92 Å². The van der Waals surface area contributed by atoms with E-state index in [1.165, 1.54) is 0 Å². The van der Waals surface area contributed by atoms with Gasteiger partial charge in [0.1, 0.15) is 9.36 Å². The molecule has 1 aromatic heterocycles. The van der Waals surface area contributed by atoms with Crippen LogP contribution in [0.2, 0.25) is 9.36 Å². The number of aryl methyl sites for hydroxylation is 1. The van der Waals surface area contributed by atoms with Crippen LogP contribution in [0.15, 0.2) is 29.2 Å². The molecule has 0 aliphatic heterocycles. The summed E-state index contributed by atoms with van der Waals surface area (Å²) >= 11 is 12.8. The number of hydrogen-bond acceptors (Lipinski definition) is 5. The van der Waals surface area contributed by atoms with Crippen LogP contribution in [0.25, 0.3) is 0 Å². The van der Waals surface area contributed by atoms with E-state index in [9.17, 15) is 13.2 Å². The average Bonchev–Trinajstić information content (AvgIpc) is 2.96. The number of benzene rings is 1. The van der Waals surface area contributed by atoms with Crippen molar-refractivity contribution in [3.63, 3.8) is 0 Å². The van der Waals surface area contributed by atoms with E-state index in [0.717, 1.165) is 42.8 Å². The van der Waals surface area contributed by atoms with Crippen LogP contribution in [0.4, 0.5) is 0 Å². The molecule has 0 bridgehead atoms. The first-order chi connectivity index (χ1) is 12.8. The van der Waals surface area contributed by atoms with Gasteiger partial charge in [-0.05, 0) is 67.8 Å². The van der Waals surface area contributed by atoms with Crippen molar-refractivity contribution in [1.29, 1.82) is 0 Å². The van der Waals surface area contributed by atoms with Gasteiger partial charge in [-0.15, -0.1) is 0 Å². The van der Waals surface area contributed by atoms with Crippen molar-refractivity contribution >= 4 is 50.5 Å². The molecule has 0 spiro atoms. The van der Waals surface area contributed by atoms with Crippen LogP contribution in [0.5, 0.6) is 0 Å². The molecular weight excluding hydrogens is 427 g/mol. The molecule has 1 aliphatic rings. The summed E-state index contributed by atoms with van der Waals surface area (Å²) in [5.41, 5.74) is 1.08. The van der Waals surface area contributed by atoms with Crippen LogP contribution < -0.4 is 5.32 Å². The molecule has 0 saturated heterocycles. The zero-order chi connectivity index (χ0) is 19.6. The maximum atomic E-state index is 12.6. The lowest BCUT2D eigenvalue weighted by Gasteiger charge is -2.28. The van der Waals surface area contributed by atoms with Gasteiger partial charge in [-0.1, -0.05) is 35.3 Å². The van der Waals surface area contributed by atoms with E-state index in [1.807, 2.05) is 13.0 Å². The second kappa shape index (κ2) is 8.47. The average molecular weight is 447 g/mol. The highest BCUT2D eigenvalue weighted by Crippen LogP contribution is 2.31. The molecule has 1 aliphatic carbocycles. The Bertz CT molecular complexity index is 936. The Balaban J connectivity index is 1.54. The number of nitrogens with one attached hydrogen (secondary N) is 1. The minimum absolute atomic E-state index is 0.00744. The molecule has 0 atom stereocenters. The molecule has 1 heterocycles. The van der Waals surface area contributed by atoms with Gasteiger partial charge in [-0.3, -0.25) is 4.79 Å². The zero-order valence-electron chi connectivity index (χ0n) is 14.7. The van der Waals surface area contributed by atoms with Gasteiger partial charge in [0.25, 0.3) is 5.91 Å². The van der Waals surface area contributed by atoms with Crippen LogP contribution in [0.3, 0.4) is 0 Å². The summed E-state index contributed by atoms with van der Waals surface area (Å²) < 4.78 is 29.5. The van der Waals surface area contributed by atoms with Crippen molar-refractivity contribution in [3.8, 4) is 0 Å². The summed E-state index contributed by atoms with van der Waals surface area (Å²) in [6.07, 6.45) is 2.97. The summed E-state index contributed by atoms with van der Waals surface area (Å²) in [6, 6.07) is 7.01. The number of nitrogens with zero attached hydrogens (tertiary/aromatic N) is 1. The van der Waals surface area contributed by atoms with E-state index in [2.05, 4.69) is 9.69 Å². The monoisotopic (exact) mass is 446 g/mol. The van der Waals surface area contributed by atoms with Crippen molar-refractivity contribution in [3.05, 3.63) is 44.9 Å². The van der Waals surface area contributed by atoms with E-state index < -0.39 is 9.84 Å². The lowest BCUT2D eigenvalue weighted by Crippen LogP contribution is -2.38. The fourth-order valence-corrected chi connectivity index (χ4v) is 6.14. The highest BCUT2D eigenvalue weighted by atomic mass is 35.5. The van der Waals surface area contributed by atoms with Crippen LogP contribution in [0.1, 0.15) is 41.7 Å². The Kier molecular flexibility index (Phi) is 6.46. The summed E-state index contributed by atoms with van der Waals surface area (Å²) in [5, 5.41) is 3.10. The van der Waals surface area contributed by atoms with Crippen molar-refractivity contribution in [2.45, 2.75) is 43.5 Å².